The van der Waals surface area contributed by atoms with Gasteiger partial charge in [-0.3, -0.25) is 4.79 Å². The summed E-state index contributed by atoms with van der Waals surface area (Å²) in [5.41, 5.74) is 7.34. The number of hydrogen-bond donors (Lipinski definition) is 2. The van der Waals surface area contributed by atoms with Gasteiger partial charge in [-0.25, -0.2) is 0 Å². The zero-order chi connectivity index (χ0) is 13.0. The summed E-state index contributed by atoms with van der Waals surface area (Å²) in [5, 5.41) is 12.1. The second-order valence-corrected chi connectivity index (χ2v) is 4.02. The minimum atomic E-state index is -0.106. The molecule has 1 aromatic carbocycles. The number of aromatic nitrogens is 1. The lowest BCUT2D eigenvalue weighted by molar-refractivity contribution is -0.121. The molecule has 18 heavy (non-hydrogen) atoms. The molecule has 3 N–H and O–H groups in total. The van der Waals surface area contributed by atoms with E-state index in [1.165, 1.54) is 0 Å². The average Bonchev–Trinajstić information content (AvgIpc) is 2.72. The van der Waals surface area contributed by atoms with Crippen LogP contribution in [-0.2, 0) is 11.3 Å². The first-order valence-corrected chi connectivity index (χ1v) is 5.69. The van der Waals surface area contributed by atoms with Gasteiger partial charge in [-0.05, 0) is 23.6 Å². The molecular weight excluding hydrogens is 228 g/mol. The molecule has 0 spiro atoms. The van der Waals surface area contributed by atoms with Crippen molar-refractivity contribution in [2.45, 2.75) is 13.0 Å². The van der Waals surface area contributed by atoms with Gasteiger partial charge in [0.2, 0.25) is 5.91 Å². The number of rotatable bonds is 4. The van der Waals surface area contributed by atoms with Crippen molar-refractivity contribution in [3.05, 3.63) is 30.5 Å². The molecule has 2 rings (SSSR count). The third-order valence-corrected chi connectivity index (χ3v) is 2.67. The molecule has 0 aliphatic rings. The van der Waals surface area contributed by atoms with Crippen LogP contribution >= 0.6 is 0 Å². The van der Waals surface area contributed by atoms with Crippen LogP contribution in [0.3, 0.4) is 0 Å². The van der Waals surface area contributed by atoms with Crippen LogP contribution in [0.25, 0.3) is 10.9 Å². The molecule has 2 aromatic rings. The Bertz CT molecular complexity index is 609. The molecule has 0 aliphatic carbocycles. The van der Waals surface area contributed by atoms with Crippen LogP contribution in [0.4, 0.5) is 5.69 Å². The maximum atomic E-state index is 11.6. The Morgan fingerprint density at radius 1 is 1.44 bits per heavy atom. The molecule has 0 aliphatic heterocycles. The number of nitrogen functional groups attached to an aromatic ring is 1. The summed E-state index contributed by atoms with van der Waals surface area (Å²) in [5.74, 6) is -0.106. The molecular formula is C13H14N4O. The van der Waals surface area contributed by atoms with Gasteiger partial charge in [0.25, 0.3) is 0 Å². The number of carbonyl (C=O) groups is 1. The van der Waals surface area contributed by atoms with Crippen molar-refractivity contribution in [3.8, 4) is 6.07 Å². The van der Waals surface area contributed by atoms with Crippen molar-refractivity contribution >= 4 is 22.5 Å². The highest BCUT2D eigenvalue weighted by molar-refractivity contribution is 5.85. The Morgan fingerprint density at radius 3 is 3.06 bits per heavy atom. The van der Waals surface area contributed by atoms with Gasteiger partial charge in [-0.1, -0.05) is 6.07 Å². The highest BCUT2D eigenvalue weighted by Gasteiger charge is 2.05. The number of nitrogens with zero attached hydrogens (tertiary/aromatic N) is 2. The Balaban J connectivity index is 2.10. The van der Waals surface area contributed by atoms with E-state index in [1.54, 1.807) is 0 Å². The van der Waals surface area contributed by atoms with Crippen LogP contribution in [0.15, 0.2) is 30.5 Å². The lowest BCUT2D eigenvalue weighted by Gasteiger charge is -2.06. The number of nitrogens with one attached hydrogen (secondary N) is 1. The zero-order valence-electron chi connectivity index (χ0n) is 9.89. The smallest absolute Gasteiger partial charge is 0.239 e. The molecule has 0 saturated heterocycles. The van der Waals surface area contributed by atoms with Crippen LogP contribution in [0.5, 0.6) is 0 Å². The van der Waals surface area contributed by atoms with E-state index in [-0.39, 0.29) is 12.5 Å². The Kier molecular flexibility index (Phi) is 3.49. The predicted octanol–water partition coefficient (Wildman–Crippen LogP) is 1.25. The zero-order valence-corrected chi connectivity index (χ0v) is 9.89. The lowest BCUT2D eigenvalue weighted by atomic mass is 10.2. The monoisotopic (exact) mass is 242 g/mol. The van der Waals surface area contributed by atoms with E-state index in [4.69, 9.17) is 11.0 Å². The number of hydrogen-bond acceptors (Lipinski definition) is 3. The molecule has 0 radical (unpaired) electrons. The van der Waals surface area contributed by atoms with E-state index in [9.17, 15) is 4.79 Å². The molecule has 0 fully saturated rings. The van der Waals surface area contributed by atoms with Crippen LogP contribution in [0, 0.1) is 11.3 Å². The van der Waals surface area contributed by atoms with Gasteiger partial charge in [-0.15, -0.1) is 0 Å². The molecule has 92 valence electrons. The number of nitriles is 1. The third-order valence-electron chi connectivity index (χ3n) is 2.67. The summed E-state index contributed by atoms with van der Waals surface area (Å²) in [6.45, 7) is 0.620. The van der Waals surface area contributed by atoms with Crippen molar-refractivity contribution in [1.82, 2.24) is 9.88 Å². The SMILES string of the molecule is N#CCCNC(=O)Cn1ccc2ccc(N)cc21. The summed E-state index contributed by atoms with van der Waals surface area (Å²) in [7, 11) is 0. The molecule has 1 heterocycles. The van der Waals surface area contributed by atoms with E-state index in [0.717, 1.165) is 10.9 Å². The summed E-state index contributed by atoms with van der Waals surface area (Å²) in [6.07, 6.45) is 2.18. The molecule has 0 atom stereocenters. The highest BCUT2D eigenvalue weighted by atomic mass is 16.1. The first-order valence-electron chi connectivity index (χ1n) is 5.69. The van der Waals surface area contributed by atoms with E-state index in [0.29, 0.717) is 18.7 Å². The number of benzene rings is 1. The second kappa shape index (κ2) is 5.23. The largest absolute Gasteiger partial charge is 0.399 e. The highest BCUT2D eigenvalue weighted by Crippen LogP contribution is 2.18. The standard InChI is InChI=1S/C13H14N4O/c14-5-1-6-16-13(18)9-17-7-4-10-2-3-11(15)8-12(10)17/h2-4,7-8H,1,6,9,15H2,(H,16,18). The first-order chi connectivity index (χ1) is 8.70. The summed E-state index contributed by atoms with van der Waals surface area (Å²) in [4.78, 5) is 11.6. The van der Waals surface area contributed by atoms with Crippen LogP contribution in [0.1, 0.15) is 6.42 Å². The van der Waals surface area contributed by atoms with Gasteiger partial charge in [0, 0.05) is 18.4 Å². The number of amides is 1. The Labute approximate surface area is 105 Å². The fourth-order valence-corrected chi connectivity index (χ4v) is 1.81. The first kappa shape index (κ1) is 12.0. The number of carbonyl (C=O) groups excluding carboxylic acids is 1. The van der Waals surface area contributed by atoms with Crippen molar-refractivity contribution in [2.75, 3.05) is 12.3 Å². The summed E-state index contributed by atoms with van der Waals surface area (Å²) >= 11 is 0. The summed E-state index contributed by atoms with van der Waals surface area (Å²) < 4.78 is 1.84. The average molecular weight is 242 g/mol. The van der Waals surface area contributed by atoms with Gasteiger partial charge >= 0.3 is 0 Å². The summed E-state index contributed by atoms with van der Waals surface area (Å²) in [6, 6.07) is 9.53. The quantitative estimate of drug-likeness (QED) is 0.625. The third kappa shape index (κ3) is 2.61. The van der Waals surface area contributed by atoms with Crippen molar-refractivity contribution in [2.24, 2.45) is 0 Å². The number of fused-ring (bicyclic) bond motifs is 1. The van der Waals surface area contributed by atoms with E-state index in [1.807, 2.05) is 41.1 Å². The molecule has 0 saturated carbocycles. The topological polar surface area (TPSA) is 83.8 Å². The minimum Gasteiger partial charge on any atom is -0.399 e. The fourth-order valence-electron chi connectivity index (χ4n) is 1.81. The maximum Gasteiger partial charge on any atom is 0.239 e. The Hall–Kier alpha value is -2.48. The predicted molar refractivity (Wildman–Crippen MR) is 69.6 cm³/mol. The van der Waals surface area contributed by atoms with Crippen molar-refractivity contribution < 1.29 is 4.79 Å². The number of anilines is 1. The van der Waals surface area contributed by atoms with Crippen LogP contribution in [0.2, 0.25) is 0 Å². The van der Waals surface area contributed by atoms with Crippen molar-refractivity contribution in [1.29, 1.82) is 5.26 Å². The normalized spacial score (nSPS) is 10.2. The van der Waals surface area contributed by atoms with E-state index in [2.05, 4.69) is 5.32 Å². The van der Waals surface area contributed by atoms with Gasteiger partial charge in [-0.2, -0.15) is 5.26 Å². The minimum absolute atomic E-state index is 0.106. The van der Waals surface area contributed by atoms with Crippen LogP contribution in [-0.4, -0.2) is 17.0 Å². The van der Waals surface area contributed by atoms with Gasteiger partial charge in [0.15, 0.2) is 0 Å². The molecule has 1 aromatic heterocycles. The molecule has 0 unspecified atom stereocenters. The number of nitrogens with two attached hydrogens (primary N) is 1. The Morgan fingerprint density at radius 2 is 2.28 bits per heavy atom. The van der Waals surface area contributed by atoms with Gasteiger partial charge in [0.1, 0.15) is 6.54 Å². The lowest BCUT2D eigenvalue weighted by Crippen LogP contribution is -2.27. The molecule has 1 amide bonds. The van der Waals surface area contributed by atoms with Crippen LogP contribution < -0.4 is 11.1 Å². The fraction of sp³-hybridized carbons (Fsp3) is 0.231. The van der Waals surface area contributed by atoms with E-state index >= 15 is 0 Å². The molecule has 5 nitrogen and oxygen atoms in total. The van der Waals surface area contributed by atoms with Gasteiger partial charge in [0.05, 0.1) is 18.0 Å². The second-order valence-electron chi connectivity index (χ2n) is 4.02. The van der Waals surface area contributed by atoms with E-state index < -0.39 is 0 Å². The molecule has 5 heteroatoms. The van der Waals surface area contributed by atoms with Gasteiger partial charge < -0.3 is 15.6 Å². The molecule has 0 bridgehead atoms. The van der Waals surface area contributed by atoms with Crippen molar-refractivity contribution in [3.63, 3.8) is 0 Å². The maximum absolute atomic E-state index is 11.6.